The number of hydrogen-bond donors (Lipinski definition) is 1. The van der Waals surface area contributed by atoms with Gasteiger partial charge in [0.25, 0.3) is 0 Å². The van der Waals surface area contributed by atoms with Crippen molar-refractivity contribution in [3.63, 3.8) is 0 Å². The number of fused-ring (bicyclic) bond motifs is 3. The minimum Gasteiger partial charge on any atom is -0.465 e. The maximum Gasteiger partial charge on any atom is 0.302 e. The molecule has 1 unspecified atom stereocenters. The molecule has 3 rings (SSSR count). The molecule has 6 heteroatoms. The summed E-state index contributed by atoms with van der Waals surface area (Å²) in [4.78, 5) is 23.6. The molecule has 8 atom stereocenters. The highest BCUT2D eigenvalue weighted by Gasteiger charge is 2.68. The summed E-state index contributed by atoms with van der Waals surface area (Å²) in [5.74, 6) is -0.780. The van der Waals surface area contributed by atoms with Gasteiger partial charge in [-0.15, -0.1) is 6.58 Å². The van der Waals surface area contributed by atoms with Crippen molar-refractivity contribution in [1.29, 1.82) is 0 Å². The number of ether oxygens (including phenoxy) is 3. The van der Waals surface area contributed by atoms with Crippen LogP contribution in [0.2, 0.25) is 0 Å². The fourth-order valence-corrected chi connectivity index (χ4v) is 7.48. The van der Waals surface area contributed by atoms with Crippen LogP contribution in [0, 0.1) is 22.7 Å². The molecule has 0 aromatic heterocycles. The summed E-state index contributed by atoms with van der Waals surface area (Å²) in [5.41, 5.74) is -1.97. The van der Waals surface area contributed by atoms with Crippen LogP contribution in [0.4, 0.5) is 0 Å². The summed E-state index contributed by atoms with van der Waals surface area (Å²) < 4.78 is 18.0. The number of esters is 2. The molecule has 0 radical (unpaired) electrons. The summed E-state index contributed by atoms with van der Waals surface area (Å²) in [7, 11) is 0. The second-order valence-corrected chi connectivity index (χ2v) is 10.8. The van der Waals surface area contributed by atoms with Crippen LogP contribution in [0.15, 0.2) is 12.7 Å². The molecule has 0 aromatic carbocycles. The molecule has 1 N–H and O–H groups in total. The Hall–Kier alpha value is -1.40. The zero-order valence-electron chi connectivity index (χ0n) is 19.3. The van der Waals surface area contributed by atoms with E-state index in [0.29, 0.717) is 12.8 Å². The third kappa shape index (κ3) is 3.81. The molecule has 2 saturated carbocycles. The van der Waals surface area contributed by atoms with E-state index in [2.05, 4.69) is 20.4 Å². The SMILES string of the molecule is C=C[C@@]1(C)C[C@H](OC(C)=O)C2[C@@](C)(C[C@@H](O)[C@H]3[C@](C)(COC(C)=O)CCC[C@]23C)O1. The van der Waals surface area contributed by atoms with Gasteiger partial charge in [-0.3, -0.25) is 9.59 Å². The summed E-state index contributed by atoms with van der Waals surface area (Å²) in [6, 6.07) is 0. The Bertz CT molecular complexity index is 720. The first-order valence-electron chi connectivity index (χ1n) is 11.1. The largest absolute Gasteiger partial charge is 0.465 e. The van der Waals surface area contributed by atoms with Gasteiger partial charge >= 0.3 is 11.9 Å². The minimum absolute atomic E-state index is 0.0766. The molecule has 1 saturated heterocycles. The normalized spacial score (nSPS) is 48.1. The van der Waals surface area contributed by atoms with Gasteiger partial charge in [0.05, 0.1) is 23.9 Å². The highest BCUT2D eigenvalue weighted by atomic mass is 16.6. The van der Waals surface area contributed by atoms with Crippen LogP contribution in [0.25, 0.3) is 0 Å². The van der Waals surface area contributed by atoms with Gasteiger partial charge in [0.15, 0.2) is 0 Å². The zero-order valence-corrected chi connectivity index (χ0v) is 19.3. The minimum atomic E-state index is -0.661. The maximum absolute atomic E-state index is 12.0. The van der Waals surface area contributed by atoms with E-state index >= 15 is 0 Å². The molecule has 30 heavy (non-hydrogen) atoms. The molecule has 0 amide bonds. The molecule has 3 aliphatic rings. The Morgan fingerprint density at radius 2 is 1.77 bits per heavy atom. The van der Waals surface area contributed by atoms with Crippen LogP contribution in [0.3, 0.4) is 0 Å². The van der Waals surface area contributed by atoms with E-state index in [9.17, 15) is 14.7 Å². The van der Waals surface area contributed by atoms with E-state index in [0.717, 1.165) is 19.3 Å². The van der Waals surface area contributed by atoms with E-state index in [1.165, 1.54) is 13.8 Å². The van der Waals surface area contributed by atoms with Crippen molar-refractivity contribution in [3.05, 3.63) is 12.7 Å². The number of carbonyl (C=O) groups excluding carboxylic acids is 2. The lowest BCUT2D eigenvalue weighted by atomic mass is 9.43. The molecule has 2 aliphatic carbocycles. The van der Waals surface area contributed by atoms with Crippen molar-refractivity contribution in [3.8, 4) is 0 Å². The van der Waals surface area contributed by atoms with E-state index in [1.807, 2.05) is 13.8 Å². The lowest BCUT2D eigenvalue weighted by Gasteiger charge is -2.67. The molecule has 1 heterocycles. The third-order valence-electron chi connectivity index (χ3n) is 8.09. The molecule has 170 valence electrons. The quantitative estimate of drug-likeness (QED) is 0.548. The lowest BCUT2D eigenvalue weighted by Crippen LogP contribution is -2.71. The molecule has 0 spiro atoms. The van der Waals surface area contributed by atoms with Crippen molar-refractivity contribution in [2.24, 2.45) is 22.7 Å². The van der Waals surface area contributed by atoms with Gasteiger partial charge in [-0.2, -0.15) is 0 Å². The Morgan fingerprint density at radius 3 is 2.33 bits per heavy atom. The van der Waals surface area contributed by atoms with Gasteiger partial charge < -0.3 is 19.3 Å². The van der Waals surface area contributed by atoms with Crippen molar-refractivity contribution in [1.82, 2.24) is 0 Å². The predicted molar refractivity (Wildman–Crippen MR) is 113 cm³/mol. The van der Waals surface area contributed by atoms with E-state index in [-0.39, 0.29) is 47.3 Å². The van der Waals surface area contributed by atoms with Crippen molar-refractivity contribution < 1.29 is 28.9 Å². The lowest BCUT2D eigenvalue weighted by molar-refractivity contribution is -0.308. The highest BCUT2D eigenvalue weighted by molar-refractivity contribution is 5.66. The van der Waals surface area contributed by atoms with Gasteiger partial charge in [0.1, 0.15) is 6.10 Å². The van der Waals surface area contributed by atoms with Gasteiger partial charge in [-0.05, 0) is 38.0 Å². The Kier molecular flexibility index (Phi) is 5.92. The second-order valence-electron chi connectivity index (χ2n) is 10.8. The van der Waals surface area contributed by atoms with E-state index in [4.69, 9.17) is 14.2 Å². The molecular weight excluding hydrogens is 384 g/mol. The average Bonchev–Trinajstić information content (AvgIpc) is 2.57. The maximum atomic E-state index is 12.0. The van der Waals surface area contributed by atoms with Crippen LogP contribution in [0.5, 0.6) is 0 Å². The van der Waals surface area contributed by atoms with Crippen LogP contribution in [-0.2, 0) is 23.8 Å². The number of hydrogen-bond acceptors (Lipinski definition) is 6. The van der Waals surface area contributed by atoms with Crippen LogP contribution >= 0.6 is 0 Å². The summed E-state index contributed by atoms with van der Waals surface area (Å²) in [5, 5.41) is 11.4. The molecule has 0 bridgehead atoms. The first-order valence-corrected chi connectivity index (χ1v) is 11.1. The Morgan fingerprint density at radius 1 is 1.10 bits per heavy atom. The molecular formula is C24H38O6. The average molecular weight is 423 g/mol. The van der Waals surface area contributed by atoms with E-state index in [1.54, 1.807) is 6.08 Å². The van der Waals surface area contributed by atoms with Crippen LogP contribution in [-0.4, -0.2) is 47.1 Å². The smallest absolute Gasteiger partial charge is 0.302 e. The molecule has 1 aliphatic heterocycles. The summed E-state index contributed by atoms with van der Waals surface area (Å²) >= 11 is 0. The third-order valence-corrected chi connectivity index (χ3v) is 8.09. The highest BCUT2D eigenvalue weighted by Crippen LogP contribution is 2.66. The topological polar surface area (TPSA) is 82.1 Å². The molecule has 3 fully saturated rings. The first kappa shape index (κ1) is 23.3. The predicted octanol–water partition coefficient (Wildman–Crippen LogP) is 3.80. The van der Waals surface area contributed by atoms with Crippen molar-refractivity contribution >= 4 is 11.9 Å². The molecule has 6 nitrogen and oxygen atoms in total. The van der Waals surface area contributed by atoms with Gasteiger partial charge in [-0.25, -0.2) is 0 Å². The monoisotopic (exact) mass is 422 g/mol. The number of rotatable bonds is 4. The second kappa shape index (κ2) is 7.63. The zero-order chi connectivity index (χ0) is 22.5. The number of carbonyl (C=O) groups is 2. The van der Waals surface area contributed by atoms with Crippen molar-refractivity contribution in [2.75, 3.05) is 6.61 Å². The van der Waals surface area contributed by atoms with Gasteiger partial charge in [-0.1, -0.05) is 26.3 Å². The van der Waals surface area contributed by atoms with E-state index < -0.39 is 17.3 Å². The van der Waals surface area contributed by atoms with Crippen molar-refractivity contribution in [2.45, 2.75) is 97.1 Å². The standard InChI is InChI=1S/C24H38O6/c1-8-22(5)13-18(29-16(3)26)20-23(6)11-9-10-21(4,14-28-15(2)25)19(23)17(27)12-24(20,7)30-22/h8,17-20,27H,1,9-14H2,2-7H3/t17-,18+,19+,20?,21+,22+,23+,24-/m1/s1. The first-order chi connectivity index (χ1) is 13.8. The Labute approximate surface area is 180 Å². The van der Waals surface area contributed by atoms with Crippen LogP contribution in [0.1, 0.15) is 73.6 Å². The van der Waals surface area contributed by atoms with Crippen LogP contribution < -0.4 is 0 Å². The Balaban J connectivity index is 2.07. The van der Waals surface area contributed by atoms with Gasteiger partial charge in [0, 0.05) is 38.0 Å². The molecule has 0 aromatic rings. The number of aliphatic hydroxyl groups is 1. The number of aliphatic hydroxyl groups excluding tert-OH is 1. The fourth-order valence-electron chi connectivity index (χ4n) is 7.48. The fraction of sp³-hybridized carbons (Fsp3) is 0.833. The van der Waals surface area contributed by atoms with Gasteiger partial charge in [0.2, 0.25) is 0 Å². The summed E-state index contributed by atoms with van der Waals surface area (Å²) in [6.07, 6.45) is 4.54. The summed E-state index contributed by atoms with van der Waals surface area (Å²) in [6.45, 7) is 15.4.